The van der Waals surface area contributed by atoms with Crippen molar-refractivity contribution < 1.29 is 9.53 Å². The zero-order chi connectivity index (χ0) is 13.0. The van der Waals surface area contributed by atoms with E-state index < -0.39 is 0 Å². The molecule has 0 aromatic heterocycles. The number of ether oxygens (including phenoxy) is 1. The number of benzene rings is 1. The van der Waals surface area contributed by atoms with E-state index in [1.54, 1.807) is 13.2 Å². The second-order valence-electron chi connectivity index (χ2n) is 4.70. The van der Waals surface area contributed by atoms with E-state index in [9.17, 15) is 4.79 Å². The lowest BCUT2D eigenvalue weighted by molar-refractivity contribution is 0.0930. The van der Waals surface area contributed by atoms with Crippen molar-refractivity contribution in [1.82, 2.24) is 10.6 Å². The fourth-order valence-electron chi connectivity index (χ4n) is 2.20. The molecule has 1 heterocycles. The molecule has 0 radical (unpaired) electrons. The molecular weight excluding hydrogens is 228 g/mol. The van der Waals surface area contributed by atoms with Crippen molar-refractivity contribution in [3.8, 4) is 5.75 Å². The maximum absolute atomic E-state index is 12.1. The fraction of sp³-hybridized carbons (Fsp3) is 0.500. The van der Waals surface area contributed by atoms with Crippen LogP contribution < -0.4 is 15.4 Å². The number of rotatable bonds is 3. The molecule has 0 bridgehead atoms. The van der Waals surface area contributed by atoms with Gasteiger partial charge in [-0.2, -0.15) is 0 Å². The largest absolute Gasteiger partial charge is 0.496 e. The molecule has 0 aliphatic carbocycles. The summed E-state index contributed by atoms with van der Waals surface area (Å²) in [6.07, 6.45) is 2.16. The van der Waals surface area contributed by atoms with Gasteiger partial charge in [0.25, 0.3) is 5.91 Å². The number of aryl methyl sites for hydroxylation is 1. The summed E-state index contributed by atoms with van der Waals surface area (Å²) in [4.78, 5) is 12.1. The van der Waals surface area contributed by atoms with E-state index in [1.807, 2.05) is 19.1 Å². The third-order valence-corrected chi connectivity index (χ3v) is 3.30. The second kappa shape index (κ2) is 5.87. The van der Waals surface area contributed by atoms with Crippen LogP contribution in [0.3, 0.4) is 0 Å². The number of carbonyl (C=O) groups excluding carboxylic acids is 1. The molecule has 1 amide bonds. The van der Waals surface area contributed by atoms with Crippen molar-refractivity contribution in [2.45, 2.75) is 25.8 Å². The molecule has 4 heteroatoms. The standard InChI is InChI=1S/C14H20N2O2/c1-10-5-6-11(8-13(10)18-2)14(17)16-12-4-3-7-15-9-12/h5-6,8,12,15H,3-4,7,9H2,1-2H3,(H,16,17). The summed E-state index contributed by atoms with van der Waals surface area (Å²) in [7, 11) is 1.62. The van der Waals surface area contributed by atoms with Crippen molar-refractivity contribution in [1.29, 1.82) is 0 Å². The third kappa shape index (κ3) is 3.01. The molecule has 98 valence electrons. The Bertz CT molecular complexity index is 426. The minimum absolute atomic E-state index is 0.0259. The Labute approximate surface area is 108 Å². The normalized spacial score (nSPS) is 19.3. The highest BCUT2D eigenvalue weighted by molar-refractivity contribution is 5.94. The summed E-state index contributed by atoms with van der Waals surface area (Å²) in [6.45, 7) is 3.87. The molecule has 1 aliphatic heterocycles. The number of hydrogen-bond acceptors (Lipinski definition) is 3. The predicted octanol–water partition coefficient (Wildman–Crippen LogP) is 1.49. The second-order valence-corrected chi connectivity index (χ2v) is 4.70. The predicted molar refractivity (Wildman–Crippen MR) is 71.1 cm³/mol. The van der Waals surface area contributed by atoms with Crippen LogP contribution in [0.4, 0.5) is 0 Å². The highest BCUT2D eigenvalue weighted by Crippen LogP contribution is 2.19. The molecule has 2 rings (SSSR count). The van der Waals surface area contributed by atoms with Gasteiger partial charge in [0, 0.05) is 18.2 Å². The fourth-order valence-corrected chi connectivity index (χ4v) is 2.20. The van der Waals surface area contributed by atoms with Gasteiger partial charge in [0.15, 0.2) is 0 Å². The minimum Gasteiger partial charge on any atom is -0.496 e. The van der Waals surface area contributed by atoms with Crippen LogP contribution in [0.15, 0.2) is 18.2 Å². The first kappa shape index (κ1) is 12.9. The van der Waals surface area contributed by atoms with E-state index in [0.717, 1.165) is 37.2 Å². The first-order valence-electron chi connectivity index (χ1n) is 6.37. The summed E-state index contributed by atoms with van der Waals surface area (Å²) >= 11 is 0. The quantitative estimate of drug-likeness (QED) is 0.852. The monoisotopic (exact) mass is 248 g/mol. The molecule has 1 atom stereocenters. The smallest absolute Gasteiger partial charge is 0.251 e. The molecule has 1 saturated heterocycles. The molecule has 1 fully saturated rings. The van der Waals surface area contributed by atoms with E-state index >= 15 is 0 Å². The van der Waals surface area contributed by atoms with Crippen molar-refractivity contribution in [2.24, 2.45) is 0 Å². The molecule has 4 nitrogen and oxygen atoms in total. The maximum Gasteiger partial charge on any atom is 0.251 e. The van der Waals surface area contributed by atoms with E-state index in [2.05, 4.69) is 10.6 Å². The zero-order valence-corrected chi connectivity index (χ0v) is 11.0. The molecule has 1 aromatic carbocycles. The number of amides is 1. The van der Waals surface area contributed by atoms with Crippen LogP contribution >= 0.6 is 0 Å². The van der Waals surface area contributed by atoms with Gasteiger partial charge in [-0.1, -0.05) is 6.07 Å². The SMILES string of the molecule is COc1cc(C(=O)NC2CCCNC2)ccc1C. The summed E-state index contributed by atoms with van der Waals surface area (Å²) in [5.41, 5.74) is 1.69. The van der Waals surface area contributed by atoms with Crippen LogP contribution in [0, 0.1) is 6.92 Å². The third-order valence-electron chi connectivity index (χ3n) is 3.30. The van der Waals surface area contributed by atoms with Crippen molar-refractivity contribution in [3.05, 3.63) is 29.3 Å². The Balaban J connectivity index is 2.03. The van der Waals surface area contributed by atoms with Gasteiger partial charge in [0.2, 0.25) is 0 Å². The van der Waals surface area contributed by atoms with Gasteiger partial charge in [0.05, 0.1) is 7.11 Å². The van der Waals surface area contributed by atoms with Gasteiger partial charge in [-0.3, -0.25) is 4.79 Å². The first-order valence-corrected chi connectivity index (χ1v) is 6.37. The lowest BCUT2D eigenvalue weighted by atomic mass is 10.1. The molecule has 18 heavy (non-hydrogen) atoms. The van der Waals surface area contributed by atoms with E-state index in [-0.39, 0.29) is 11.9 Å². The van der Waals surface area contributed by atoms with Crippen LogP contribution in [0.2, 0.25) is 0 Å². The number of hydrogen-bond donors (Lipinski definition) is 2. The van der Waals surface area contributed by atoms with E-state index in [4.69, 9.17) is 4.74 Å². The average molecular weight is 248 g/mol. The Morgan fingerprint density at radius 2 is 2.33 bits per heavy atom. The number of methoxy groups -OCH3 is 1. The van der Waals surface area contributed by atoms with Gasteiger partial charge in [-0.15, -0.1) is 0 Å². The summed E-state index contributed by atoms with van der Waals surface area (Å²) in [5, 5.41) is 6.33. The minimum atomic E-state index is -0.0259. The van der Waals surface area contributed by atoms with Crippen LogP contribution in [0.25, 0.3) is 0 Å². The Morgan fingerprint density at radius 1 is 1.50 bits per heavy atom. The van der Waals surface area contributed by atoms with Gasteiger partial charge in [0.1, 0.15) is 5.75 Å². The lowest BCUT2D eigenvalue weighted by Gasteiger charge is -2.23. The van der Waals surface area contributed by atoms with Crippen molar-refractivity contribution in [3.63, 3.8) is 0 Å². The van der Waals surface area contributed by atoms with E-state index in [0.29, 0.717) is 5.56 Å². The number of nitrogens with one attached hydrogen (secondary N) is 2. The van der Waals surface area contributed by atoms with Crippen LogP contribution in [0.1, 0.15) is 28.8 Å². The van der Waals surface area contributed by atoms with Crippen LogP contribution in [-0.2, 0) is 0 Å². The maximum atomic E-state index is 12.1. The Kier molecular flexibility index (Phi) is 4.20. The Hall–Kier alpha value is -1.55. The molecule has 1 aromatic rings. The molecule has 0 saturated carbocycles. The summed E-state index contributed by atoms with van der Waals surface area (Å²) < 4.78 is 5.23. The first-order chi connectivity index (χ1) is 8.70. The van der Waals surface area contributed by atoms with Crippen molar-refractivity contribution >= 4 is 5.91 Å². The Morgan fingerprint density at radius 3 is 3.00 bits per heavy atom. The van der Waals surface area contributed by atoms with Crippen LogP contribution in [0.5, 0.6) is 5.75 Å². The molecule has 0 spiro atoms. The van der Waals surface area contributed by atoms with Gasteiger partial charge in [-0.25, -0.2) is 0 Å². The molecule has 1 aliphatic rings. The zero-order valence-electron chi connectivity index (χ0n) is 11.0. The topological polar surface area (TPSA) is 50.4 Å². The molecule has 2 N–H and O–H groups in total. The van der Waals surface area contributed by atoms with E-state index in [1.165, 1.54) is 0 Å². The van der Waals surface area contributed by atoms with Gasteiger partial charge < -0.3 is 15.4 Å². The highest BCUT2D eigenvalue weighted by atomic mass is 16.5. The average Bonchev–Trinajstić information content (AvgIpc) is 2.40. The number of carbonyl (C=O) groups is 1. The van der Waals surface area contributed by atoms with Crippen LogP contribution in [-0.4, -0.2) is 32.1 Å². The molecule has 1 unspecified atom stereocenters. The summed E-state index contributed by atoms with van der Waals surface area (Å²) in [6, 6.07) is 5.77. The summed E-state index contributed by atoms with van der Waals surface area (Å²) in [5.74, 6) is 0.728. The number of piperidine rings is 1. The highest BCUT2D eigenvalue weighted by Gasteiger charge is 2.16. The van der Waals surface area contributed by atoms with Gasteiger partial charge in [-0.05, 0) is 44.0 Å². The van der Waals surface area contributed by atoms with Gasteiger partial charge >= 0.3 is 0 Å². The van der Waals surface area contributed by atoms with Crippen molar-refractivity contribution in [2.75, 3.05) is 20.2 Å². The lowest BCUT2D eigenvalue weighted by Crippen LogP contribution is -2.45. The molecular formula is C14H20N2O2.